The molecule has 0 bridgehead atoms. The van der Waals surface area contributed by atoms with Gasteiger partial charge in [0, 0.05) is 31.4 Å². The highest BCUT2D eigenvalue weighted by atomic mass is 32.2. The van der Waals surface area contributed by atoms with Crippen LogP contribution in [0.25, 0.3) is 0 Å². The number of rotatable bonds is 8. The van der Waals surface area contributed by atoms with E-state index >= 15 is 0 Å². The highest BCUT2D eigenvalue weighted by molar-refractivity contribution is 7.98. The van der Waals surface area contributed by atoms with Crippen LogP contribution in [-0.4, -0.2) is 49.6 Å². The predicted octanol–water partition coefficient (Wildman–Crippen LogP) is 2.98. The highest BCUT2D eigenvalue weighted by Crippen LogP contribution is 2.37. The molecule has 0 spiro atoms. The Kier molecular flexibility index (Phi) is 5.84. The van der Waals surface area contributed by atoms with Crippen LogP contribution in [0.4, 0.5) is 0 Å². The van der Waals surface area contributed by atoms with Gasteiger partial charge in [0.05, 0.1) is 0 Å². The molecular weight excluding hydrogens is 240 g/mol. The Balaban J connectivity index is 1.81. The molecule has 18 heavy (non-hydrogen) atoms. The molecule has 2 fully saturated rings. The summed E-state index contributed by atoms with van der Waals surface area (Å²) in [5, 5.41) is 3.80. The molecule has 0 aliphatic heterocycles. The molecule has 2 nitrogen and oxygen atoms in total. The van der Waals surface area contributed by atoms with Crippen molar-refractivity contribution in [3.63, 3.8) is 0 Å². The maximum absolute atomic E-state index is 3.80. The van der Waals surface area contributed by atoms with E-state index in [2.05, 4.69) is 23.5 Å². The van der Waals surface area contributed by atoms with Gasteiger partial charge in [0.2, 0.25) is 0 Å². The van der Waals surface area contributed by atoms with E-state index in [-0.39, 0.29) is 0 Å². The normalized spacial score (nSPS) is 23.5. The smallest absolute Gasteiger partial charge is 0.00694 e. The van der Waals surface area contributed by atoms with Gasteiger partial charge in [-0.25, -0.2) is 0 Å². The van der Waals surface area contributed by atoms with E-state index in [1.54, 1.807) is 0 Å². The molecule has 0 unspecified atom stereocenters. The maximum Gasteiger partial charge on any atom is 0.00694 e. The Morgan fingerprint density at radius 3 is 2.56 bits per heavy atom. The van der Waals surface area contributed by atoms with E-state index in [4.69, 9.17) is 0 Å². The Morgan fingerprint density at radius 2 is 1.94 bits per heavy atom. The second-order valence-electron chi connectivity index (χ2n) is 6.45. The summed E-state index contributed by atoms with van der Waals surface area (Å²) in [6, 6.07) is 0.861. The van der Waals surface area contributed by atoms with Crippen LogP contribution < -0.4 is 5.32 Å². The zero-order chi connectivity index (χ0) is 12.8. The Morgan fingerprint density at radius 1 is 1.22 bits per heavy atom. The summed E-state index contributed by atoms with van der Waals surface area (Å²) in [7, 11) is 2.31. The number of hydrogen-bond donors (Lipinski definition) is 1. The average Bonchev–Trinajstić information content (AvgIpc) is 3.19. The molecule has 0 saturated heterocycles. The van der Waals surface area contributed by atoms with Crippen LogP contribution in [0.2, 0.25) is 0 Å². The van der Waals surface area contributed by atoms with E-state index in [9.17, 15) is 0 Å². The van der Waals surface area contributed by atoms with E-state index in [0.717, 1.165) is 6.04 Å². The van der Waals surface area contributed by atoms with Gasteiger partial charge in [-0.15, -0.1) is 0 Å². The van der Waals surface area contributed by atoms with Crippen LogP contribution in [0.3, 0.4) is 0 Å². The van der Waals surface area contributed by atoms with Gasteiger partial charge < -0.3 is 10.2 Å². The van der Waals surface area contributed by atoms with Gasteiger partial charge in [0.15, 0.2) is 0 Å². The molecular formula is C15H30N2S. The zero-order valence-electron chi connectivity index (χ0n) is 12.2. The molecule has 0 radical (unpaired) electrons. The second kappa shape index (κ2) is 7.16. The molecule has 106 valence electrons. The summed E-state index contributed by atoms with van der Waals surface area (Å²) < 4.78 is 0. The van der Waals surface area contributed by atoms with Crippen molar-refractivity contribution in [1.29, 1.82) is 0 Å². The third-order valence-corrected chi connectivity index (χ3v) is 5.13. The Bertz CT molecular complexity index is 235. The number of thioether (sulfide) groups is 1. The van der Waals surface area contributed by atoms with Crippen molar-refractivity contribution >= 4 is 11.8 Å². The highest BCUT2D eigenvalue weighted by Gasteiger charge is 2.34. The molecule has 0 amide bonds. The first-order chi connectivity index (χ1) is 8.74. The van der Waals surface area contributed by atoms with Gasteiger partial charge in [0.1, 0.15) is 0 Å². The molecule has 0 heterocycles. The topological polar surface area (TPSA) is 15.3 Å². The maximum atomic E-state index is 3.80. The van der Waals surface area contributed by atoms with Crippen molar-refractivity contribution in [1.82, 2.24) is 10.2 Å². The van der Waals surface area contributed by atoms with E-state index in [0.29, 0.717) is 5.41 Å². The zero-order valence-corrected chi connectivity index (χ0v) is 13.0. The fourth-order valence-electron chi connectivity index (χ4n) is 3.24. The lowest BCUT2D eigenvalue weighted by Gasteiger charge is -2.40. The molecule has 0 aromatic carbocycles. The summed E-state index contributed by atoms with van der Waals surface area (Å²) in [5.74, 6) is 1.27. The van der Waals surface area contributed by atoms with E-state index in [1.165, 1.54) is 70.3 Å². The fourth-order valence-corrected chi connectivity index (χ4v) is 3.73. The van der Waals surface area contributed by atoms with E-state index < -0.39 is 0 Å². The molecule has 2 saturated carbocycles. The molecule has 3 heteroatoms. The molecule has 0 aromatic rings. The summed E-state index contributed by atoms with van der Waals surface area (Å²) in [6.45, 7) is 3.81. The van der Waals surface area contributed by atoms with Crippen LogP contribution in [0, 0.1) is 5.41 Å². The summed E-state index contributed by atoms with van der Waals surface area (Å²) >= 11 is 1.96. The van der Waals surface area contributed by atoms with E-state index in [1.807, 2.05) is 11.8 Å². The summed E-state index contributed by atoms with van der Waals surface area (Å²) in [5.41, 5.74) is 0.577. The van der Waals surface area contributed by atoms with Gasteiger partial charge in [-0.2, -0.15) is 11.8 Å². The molecule has 0 atom stereocenters. The molecule has 2 aliphatic carbocycles. The van der Waals surface area contributed by atoms with Crippen LogP contribution in [0.15, 0.2) is 0 Å². The van der Waals surface area contributed by atoms with Gasteiger partial charge >= 0.3 is 0 Å². The lowest BCUT2D eigenvalue weighted by molar-refractivity contribution is 0.120. The fraction of sp³-hybridized carbons (Fsp3) is 1.00. The van der Waals surface area contributed by atoms with Crippen molar-refractivity contribution < 1.29 is 0 Å². The third-order valence-electron chi connectivity index (χ3n) is 4.54. The molecule has 1 N–H and O–H groups in total. The monoisotopic (exact) mass is 270 g/mol. The minimum atomic E-state index is 0.577. The Labute approximate surface area is 117 Å². The van der Waals surface area contributed by atoms with Crippen molar-refractivity contribution in [3.05, 3.63) is 0 Å². The molecule has 2 aliphatic rings. The lowest BCUT2D eigenvalue weighted by atomic mass is 9.73. The van der Waals surface area contributed by atoms with Gasteiger partial charge in [0.25, 0.3) is 0 Å². The first-order valence-corrected chi connectivity index (χ1v) is 9.04. The van der Waals surface area contributed by atoms with Crippen LogP contribution >= 0.6 is 11.8 Å². The minimum absolute atomic E-state index is 0.577. The van der Waals surface area contributed by atoms with Crippen molar-refractivity contribution in [2.45, 2.75) is 51.0 Å². The van der Waals surface area contributed by atoms with Crippen molar-refractivity contribution in [2.24, 2.45) is 5.41 Å². The quantitative estimate of drug-likeness (QED) is 0.730. The summed E-state index contributed by atoms with van der Waals surface area (Å²) in [6.07, 6.45) is 12.3. The Hall–Kier alpha value is 0.270. The largest absolute Gasteiger partial charge is 0.313 e. The predicted molar refractivity (Wildman–Crippen MR) is 82.4 cm³/mol. The lowest BCUT2D eigenvalue weighted by Crippen LogP contribution is -2.45. The standard InChI is InChI=1S/C15H30N2S/c1-17(10-11-18-2)13-15(8-4-3-5-9-15)12-16-14-6-7-14/h14,16H,3-13H2,1-2H3. The van der Waals surface area contributed by atoms with Gasteiger partial charge in [-0.1, -0.05) is 19.3 Å². The summed E-state index contributed by atoms with van der Waals surface area (Å²) in [4.78, 5) is 2.57. The molecule has 2 rings (SSSR count). The SMILES string of the molecule is CSCCN(C)CC1(CNC2CC2)CCCCC1. The van der Waals surface area contributed by atoms with Gasteiger partial charge in [-0.05, 0) is 44.4 Å². The average molecular weight is 270 g/mol. The molecule has 0 aromatic heterocycles. The number of nitrogens with one attached hydrogen (secondary N) is 1. The first-order valence-electron chi connectivity index (χ1n) is 7.65. The number of hydrogen-bond acceptors (Lipinski definition) is 3. The van der Waals surface area contributed by atoms with Gasteiger partial charge in [-0.3, -0.25) is 0 Å². The van der Waals surface area contributed by atoms with Crippen molar-refractivity contribution in [3.8, 4) is 0 Å². The van der Waals surface area contributed by atoms with Crippen LogP contribution in [-0.2, 0) is 0 Å². The van der Waals surface area contributed by atoms with Crippen LogP contribution in [0.1, 0.15) is 44.9 Å². The first kappa shape index (κ1) is 14.7. The minimum Gasteiger partial charge on any atom is -0.313 e. The van der Waals surface area contributed by atoms with Crippen molar-refractivity contribution in [2.75, 3.05) is 38.7 Å². The second-order valence-corrected chi connectivity index (χ2v) is 7.43. The van der Waals surface area contributed by atoms with Crippen LogP contribution in [0.5, 0.6) is 0 Å². The third kappa shape index (κ3) is 4.75. The number of nitrogens with zero attached hydrogens (tertiary/aromatic N) is 1.